The molecule has 0 spiro atoms. The van der Waals surface area contributed by atoms with Gasteiger partial charge in [0.15, 0.2) is 11.5 Å². The molecule has 0 aromatic heterocycles. The molecule has 220 valence electrons. The van der Waals surface area contributed by atoms with Gasteiger partial charge in [0.2, 0.25) is 11.8 Å². The maximum atomic E-state index is 14.1. The fraction of sp³-hybridized carbons (Fsp3) is 0.355. The quantitative estimate of drug-likeness (QED) is 0.339. The predicted molar refractivity (Wildman–Crippen MR) is 160 cm³/mol. The summed E-state index contributed by atoms with van der Waals surface area (Å²) in [5, 5.41) is 2.86. The van der Waals surface area contributed by atoms with Crippen LogP contribution in [-0.4, -0.2) is 58.0 Å². The number of aryl methyl sites for hydroxylation is 2. The number of methoxy groups -OCH3 is 2. The van der Waals surface area contributed by atoms with E-state index in [2.05, 4.69) is 5.32 Å². The van der Waals surface area contributed by atoms with Crippen LogP contribution in [0.1, 0.15) is 37.5 Å². The second kappa shape index (κ2) is 13.5. The van der Waals surface area contributed by atoms with E-state index in [1.807, 2.05) is 52.0 Å². The van der Waals surface area contributed by atoms with Gasteiger partial charge in [0.05, 0.1) is 24.8 Å². The van der Waals surface area contributed by atoms with Crippen LogP contribution in [0.15, 0.2) is 71.6 Å². The van der Waals surface area contributed by atoms with Gasteiger partial charge in [-0.25, -0.2) is 8.42 Å². The number of hydrogen-bond acceptors (Lipinski definition) is 6. The van der Waals surface area contributed by atoms with Gasteiger partial charge in [-0.2, -0.15) is 0 Å². The van der Waals surface area contributed by atoms with Crippen LogP contribution in [0.4, 0.5) is 5.69 Å². The summed E-state index contributed by atoms with van der Waals surface area (Å²) < 4.78 is 39.8. The molecule has 0 saturated carbocycles. The van der Waals surface area contributed by atoms with Crippen molar-refractivity contribution in [3.05, 3.63) is 83.4 Å². The SMILES string of the molecule is COc1ccc(N(CC(=O)N(Cc2ccccc2C)[C@H](C)C(=O)NC(C)C)S(=O)(=O)c2ccc(C)cc2)cc1OC. The molecule has 9 nitrogen and oxygen atoms in total. The van der Waals surface area contributed by atoms with Crippen molar-refractivity contribution in [2.24, 2.45) is 0 Å². The summed E-state index contributed by atoms with van der Waals surface area (Å²) in [4.78, 5) is 28.6. The summed E-state index contributed by atoms with van der Waals surface area (Å²) in [6.07, 6.45) is 0. The number of hydrogen-bond donors (Lipinski definition) is 1. The second-order valence-electron chi connectivity index (χ2n) is 10.2. The molecular weight excluding hydrogens is 542 g/mol. The van der Waals surface area contributed by atoms with Crippen molar-refractivity contribution in [1.82, 2.24) is 10.2 Å². The molecule has 0 fully saturated rings. The second-order valence-corrected chi connectivity index (χ2v) is 12.0. The van der Waals surface area contributed by atoms with Crippen LogP contribution < -0.4 is 19.1 Å². The minimum absolute atomic E-state index is 0.0294. The van der Waals surface area contributed by atoms with Gasteiger partial charge in [-0.3, -0.25) is 13.9 Å². The molecule has 0 aliphatic carbocycles. The molecule has 0 heterocycles. The number of sulfonamides is 1. The van der Waals surface area contributed by atoms with Gasteiger partial charge in [0, 0.05) is 18.7 Å². The highest BCUT2D eigenvalue weighted by molar-refractivity contribution is 7.92. The Morgan fingerprint density at radius 2 is 1.51 bits per heavy atom. The van der Waals surface area contributed by atoms with Crippen molar-refractivity contribution in [2.75, 3.05) is 25.1 Å². The standard InChI is InChI=1S/C31H39N3O6S/c1-21(2)32-31(36)24(5)33(19-25-11-9-8-10-23(25)4)30(35)20-34(26-14-17-28(39-6)29(18-26)40-7)41(37,38)27-15-12-22(3)13-16-27/h8-18,21,24H,19-20H2,1-7H3,(H,32,36)/t24-/m1/s1. The van der Waals surface area contributed by atoms with Gasteiger partial charge >= 0.3 is 0 Å². The van der Waals surface area contributed by atoms with Crippen LogP contribution >= 0.6 is 0 Å². The van der Waals surface area contributed by atoms with E-state index < -0.39 is 28.5 Å². The lowest BCUT2D eigenvalue weighted by molar-refractivity contribution is -0.139. The third-order valence-corrected chi connectivity index (χ3v) is 8.53. The Morgan fingerprint density at radius 3 is 2.10 bits per heavy atom. The van der Waals surface area contributed by atoms with Crippen LogP contribution in [0.2, 0.25) is 0 Å². The summed E-state index contributed by atoms with van der Waals surface area (Å²) in [6.45, 7) is 8.69. The van der Waals surface area contributed by atoms with Crippen molar-refractivity contribution < 1.29 is 27.5 Å². The zero-order valence-corrected chi connectivity index (χ0v) is 25.5. The van der Waals surface area contributed by atoms with E-state index in [1.165, 1.54) is 37.3 Å². The Bertz CT molecular complexity index is 1470. The zero-order valence-electron chi connectivity index (χ0n) is 24.7. The van der Waals surface area contributed by atoms with Crippen molar-refractivity contribution in [2.45, 2.75) is 58.1 Å². The number of anilines is 1. The first kappa shape index (κ1) is 31.5. The molecule has 2 amide bonds. The topological polar surface area (TPSA) is 105 Å². The lowest BCUT2D eigenvalue weighted by atomic mass is 10.1. The lowest BCUT2D eigenvalue weighted by Gasteiger charge is -2.32. The van der Waals surface area contributed by atoms with Gasteiger partial charge in [-0.15, -0.1) is 0 Å². The first-order chi connectivity index (χ1) is 19.4. The van der Waals surface area contributed by atoms with Crippen LogP contribution in [-0.2, 0) is 26.2 Å². The minimum atomic E-state index is -4.20. The molecule has 1 atom stereocenters. The Morgan fingerprint density at radius 1 is 0.878 bits per heavy atom. The number of nitrogens with one attached hydrogen (secondary N) is 1. The third kappa shape index (κ3) is 7.58. The number of carbonyl (C=O) groups is 2. The van der Waals surface area contributed by atoms with Crippen LogP contribution in [0, 0.1) is 13.8 Å². The van der Waals surface area contributed by atoms with E-state index in [4.69, 9.17) is 9.47 Å². The Balaban J connectivity index is 2.10. The highest BCUT2D eigenvalue weighted by Gasteiger charge is 2.33. The van der Waals surface area contributed by atoms with Gasteiger partial charge in [0.25, 0.3) is 10.0 Å². The number of rotatable bonds is 12. The van der Waals surface area contributed by atoms with E-state index in [-0.39, 0.29) is 29.1 Å². The van der Waals surface area contributed by atoms with E-state index in [0.29, 0.717) is 11.5 Å². The molecule has 0 bridgehead atoms. The van der Waals surface area contributed by atoms with E-state index in [9.17, 15) is 18.0 Å². The molecule has 41 heavy (non-hydrogen) atoms. The first-order valence-electron chi connectivity index (χ1n) is 13.3. The normalized spacial score (nSPS) is 12.0. The smallest absolute Gasteiger partial charge is 0.264 e. The molecule has 10 heteroatoms. The predicted octanol–water partition coefficient (Wildman–Crippen LogP) is 4.46. The largest absolute Gasteiger partial charge is 0.493 e. The van der Waals surface area contributed by atoms with Crippen molar-refractivity contribution in [3.63, 3.8) is 0 Å². The number of carbonyl (C=O) groups excluding carboxylic acids is 2. The third-order valence-electron chi connectivity index (χ3n) is 6.74. The first-order valence-corrected chi connectivity index (χ1v) is 14.8. The molecule has 3 rings (SSSR count). The summed E-state index contributed by atoms with van der Waals surface area (Å²) >= 11 is 0. The van der Waals surface area contributed by atoms with Crippen molar-refractivity contribution >= 4 is 27.5 Å². The van der Waals surface area contributed by atoms with Gasteiger partial charge in [-0.05, 0) is 70.0 Å². The Hall–Kier alpha value is -4.05. The summed E-state index contributed by atoms with van der Waals surface area (Å²) in [5.74, 6) is -0.149. The Labute approximate surface area is 243 Å². The molecule has 3 aromatic carbocycles. The van der Waals surface area contributed by atoms with Gasteiger partial charge in [0.1, 0.15) is 12.6 Å². The molecule has 0 radical (unpaired) electrons. The van der Waals surface area contributed by atoms with E-state index in [0.717, 1.165) is 21.0 Å². The fourth-order valence-electron chi connectivity index (χ4n) is 4.30. The maximum Gasteiger partial charge on any atom is 0.264 e. The monoisotopic (exact) mass is 581 g/mol. The van der Waals surface area contributed by atoms with Crippen LogP contribution in [0.25, 0.3) is 0 Å². The van der Waals surface area contributed by atoms with Crippen LogP contribution in [0.5, 0.6) is 11.5 Å². The summed E-state index contributed by atoms with van der Waals surface area (Å²) in [6, 6.07) is 17.6. The molecule has 0 unspecified atom stereocenters. The lowest BCUT2D eigenvalue weighted by Crippen LogP contribution is -2.52. The molecule has 3 aromatic rings. The minimum Gasteiger partial charge on any atom is -0.493 e. The molecule has 1 N–H and O–H groups in total. The van der Waals surface area contributed by atoms with E-state index >= 15 is 0 Å². The number of amides is 2. The number of nitrogens with zero attached hydrogens (tertiary/aromatic N) is 2. The number of benzene rings is 3. The van der Waals surface area contributed by atoms with Crippen molar-refractivity contribution in [1.29, 1.82) is 0 Å². The maximum absolute atomic E-state index is 14.1. The average molecular weight is 582 g/mol. The molecular formula is C31H39N3O6S. The fourth-order valence-corrected chi connectivity index (χ4v) is 5.71. The van der Waals surface area contributed by atoms with E-state index in [1.54, 1.807) is 31.2 Å². The highest BCUT2D eigenvalue weighted by atomic mass is 32.2. The number of ether oxygens (including phenoxy) is 2. The molecule has 0 saturated heterocycles. The van der Waals surface area contributed by atoms with Gasteiger partial charge in [-0.1, -0.05) is 42.0 Å². The van der Waals surface area contributed by atoms with Gasteiger partial charge < -0.3 is 19.7 Å². The molecule has 0 aliphatic heterocycles. The molecule has 0 aliphatic rings. The van der Waals surface area contributed by atoms with Crippen LogP contribution in [0.3, 0.4) is 0 Å². The summed E-state index contributed by atoms with van der Waals surface area (Å²) in [5.41, 5.74) is 2.91. The highest BCUT2D eigenvalue weighted by Crippen LogP contribution is 2.34. The summed E-state index contributed by atoms with van der Waals surface area (Å²) in [7, 11) is -1.27. The Kier molecular flexibility index (Phi) is 10.4. The average Bonchev–Trinajstić information content (AvgIpc) is 2.94. The zero-order chi connectivity index (χ0) is 30.3. The van der Waals surface area contributed by atoms with Crippen molar-refractivity contribution in [3.8, 4) is 11.5 Å².